The second kappa shape index (κ2) is 6.43. The number of ether oxygens (including phenoxy) is 1. The fourth-order valence-corrected chi connectivity index (χ4v) is 2.57. The molecule has 2 aromatic rings. The first kappa shape index (κ1) is 14.3. The molecule has 0 atom stereocenters. The van der Waals surface area contributed by atoms with E-state index in [0.29, 0.717) is 28.5 Å². The molecule has 0 aromatic carbocycles. The Bertz CT molecular complexity index is 605. The number of unbranched alkanes of at least 4 members (excludes halogenated alkanes) is 1. The third kappa shape index (κ3) is 3.53. The molecule has 0 radical (unpaired) electrons. The number of hydrogen-bond acceptors (Lipinski definition) is 5. The molecule has 1 aliphatic rings. The molecule has 1 aliphatic carbocycles. The number of rotatable bonds is 7. The van der Waals surface area contributed by atoms with E-state index in [0.717, 1.165) is 32.2 Å². The summed E-state index contributed by atoms with van der Waals surface area (Å²) < 4.78 is 13.0. The first-order valence-electron chi connectivity index (χ1n) is 7.03. The number of esters is 1. The van der Waals surface area contributed by atoms with Crippen LogP contribution < -0.4 is 0 Å². The fourth-order valence-electron chi connectivity index (χ4n) is 2.14. The van der Waals surface area contributed by atoms with Crippen LogP contribution in [0.5, 0.6) is 0 Å². The molecule has 6 nitrogen and oxygen atoms in total. The van der Waals surface area contributed by atoms with Crippen molar-refractivity contribution < 1.29 is 14.1 Å². The van der Waals surface area contributed by atoms with Gasteiger partial charge in [-0.25, -0.2) is 9.78 Å². The Morgan fingerprint density at radius 3 is 3.05 bits per heavy atom. The molecule has 21 heavy (non-hydrogen) atoms. The van der Waals surface area contributed by atoms with Gasteiger partial charge < -0.3 is 13.8 Å². The Labute approximate surface area is 130 Å². The Kier molecular flexibility index (Phi) is 4.38. The maximum absolute atomic E-state index is 12.1. The van der Waals surface area contributed by atoms with Crippen LogP contribution in [0.25, 0.3) is 0 Å². The number of hydrogen-bond donors (Lipinski definition) is 0. The van der Waals surface area contributed by atoms with Crippen LogP contribution in [-0.4, -0.2) is 27.3 Å². The molecular weight excluding hydrogens is 338 g/mol. The first-order chi connectivity index (χ1) is 10.3. The van der Waals surface area contributed by atoms with E-state index in [9.17, 15) is 4.79 Å². The maximum Gasteiger partial charge on any atom is 0.344 e. The first-order valence-corrected chi connectivity index (χ1v) is 7.83. The van der Waals surface area contributed by atoms with Crippen molar-refractivity contribution in [2.45, 2.75) is 38.1 Å². The standard InChI is InChI=1S/C14H16BrN3O3/c15-13-11(12(21-17-13)10-3-4-10)14(19)20-8-2-1-6-18-7-5-16-9-18/h5,7,9-10H,1-4,6,8H2. The molecule has 0 unspecified atom stereocenters. The number of halogens is 1. The smallest absolute Gasteiger partial charge is 0.344 e. The van der Waals surface area contributed by atoms with Crippen molar-refractivity contribution in [2.75, 3.05) is 6.61 Å². The predicted molar refractivity (Wildman–Crippen MR) is 77.9 cm³/mol. The van der Waals surface area contributed by atoms with Crippen molar-refractivity contribution in [3.05, 3.63) is 34.6 Å². The van der Waals surface area contributed by atoms with Crippen molar-refractivity contribution in [1.29, 1.82) is 0 Å². The van der Waals surface area contributed by atoms with E-state index in [1.807, 2.05) is 10.8 Å². The van der Waals surface area contributed by atoms with Crippen LogP contribution in [0.1, 0.15) is 47.7 Å². The lowest BCUT2D eigenvalue weighted by Crippen LogP contribution is -2.09. The molecule has 1 fully saturated rings. The van der Waals surface area contributed by atoms with Crippen molar-refractivity contribution >= 4 is 21.9 Å². The molecule has 0 bridgehead atoms. The molecule has 2 aromatic heterocycles. The third-order valence-electron chi connectivity index (χ3n) is 3.43. The SMILES string of the molecule is O=C(OCCCCn1ccnc1)c1c(Br)noc1C1CC1. The zero-order valence-electron chi connectivity index (χ0n) is 11.5. The topological polar surface area (TPSA) is 70.2 Å². The summed E-state index contributed by atoms with van der Waals surface area (Å²) >= 11 is 3.25. The Hall–Kier alpha value is -1.63. The van der Waals surface area contributed by atoms with Gasteiger partial charge >= 0.3 is 5.97 Å². The summed E-state index contributed by atoms with van der Waals surface area (Å²) in [5, 5.41) is 3.81. The number of aryl methyl sites for hydroxylation is 1. The predicted octanol–water partition coefficient (Wildman–Crippen LogP) is 3.15. The van der Waals surface area contributed by atoms with E-state index in [2.05, 4.69) is 26.1 Å². The highest BCUT2D eigenvalue weighted by molar-refractivity contribution is 9.10. The highest BCUT2D eigenvalue weighted by Crippen LogP contribution is 2.43. The normalized spacial score (nSPS) is 14.3. The zero-order chi connectivity index (χ0) is 14.7. The number of nitrogens with zero attached hydrogens (tertiary/aromatic N) is 3. The van der Waals surface area contributed by atoms with Crippen molar-refractivity contribution in [1.82, 2.24) is 14.7 Å². The quantitative estimate of drug-likeness (QED) is 0.564. The van der Waals surface area contributed by atoms with Gasteiger partial charge in [0.05, 0.1) is 12.9 Å². The lowest BCUT2D eigenvalue weighted by atomic mass is 10.2. The van der Waals surface area contributed by atoms with Crippen LogP contribution in [0.2, 0.25) is 0 Å². The largest absolute Gasteiger partial charge is 0.462 e. The van der Waals surface area contributed by atoms with Crippen LogP contribution in [0.3, 0.4) is 0 Å². The van der Waals surface area contributed by atoms with Gasteiger partial charge in [0.1, 0.15) is 5.56 Å². The van der Waals surface area contributed by atoms with E-state index < -0.39 is 0 Å². The molecule has 0 spiro atoms. The van der Waals surface area contributed by atoms with Crippen LogP contribution in [0, 0.1) is 0 Å². The summed E-state index contributed by atoms with van der Waals surface area (Å²) in [7, 11) is 0. The minimum atomic E-state index is -0.354. The third-order valence-corrected chi connectivity index (χ3v) is 3.97. The van der Waals surface area contributed by atoms with Crippen molar-refractivity contribution in [2.24, 2.45) is 0 Å². The van der Waals surface area contributed by atoms with Crippen molar-refractivity contribution in [3.8, 4) is 0 Å². The fraction of sp³-hybridized carbons (Fsp3) is 0.500. The minimum Gasteiger partial charge on any atom is -0.462 e. The van der Waals surface area contributed by atoms with Crippen LogP contribution >= 0.6 is 15.9 Å². The molecule has 0 amide bonds. The second-order valence-electron chi connectivity index (χ2n) is 5.13. The van der Waals surface area contributed by atoms with E-state index in [1.54, 1.807) is 12.5 Å². The van der Waals surface area contributed by atoms with E-state index >= 15 is 0 Å². The van der Waals surface area contributed by atoms with Gasteiger partial charge in [-0.15, -0.1) is 0 Å². The summed E-state index contributed by atoms with van der Waals surface area (Å²) in [4.78, 5) is 16.1. The van der Waals surface area contributed by atoms with Gasteiger partial charge in [0.25, 0.3) is 0 Å². The summed E-state index contributed by atoms with van der Waals surface area (Å²) in [6.07, 6.45) is 9.29. The van der Waals surface area contributed by atoms with Gasteiger partial charge in [-0.2, -0.15) is 0 Å². The molecule has 112 valence electrons. The molecule has 0 aliphatic heterocycles. The molecule has 0 N–H and O–H groups in total. The van der Waals surface area contributed by atoms with Gasteiger partial charge in [-0.05, 0) is 41.6 Å². The summed E-state index contributed by atoms with van der Waals surface area (Å²) in [6, 6.07) is 0. The van der Waals surface area contributed by atoms with Crippen LogP contribution in [0.4, 0.5) is 0 Å². The summed E-state index contributed by atoms with van der Waals surface area (Å²) in [5.41, 5.74) is 0.451. The maximum atomic E-state index is 12.1. The van der Waals surface area contributed by atoms with Gasteiger partial charge in [-0.3, -0.25) is 0 Å². The number of carbonyl (C=O) groups excluding carboxylic acids is 1. The van der Waals surface area contributed by atoms with Gasteiger partial charge in [0.2, 0.25) is 0 Å². The molecule has 3 rings (SSSR count). The Morgan fingerprint density at radius 2 is 2.33 bits per heavy atom. The lowest BCUT2D eigenvalue weighted by molar-refractivity contribution is 0.0493. The van der Waals surface area contributed by atoms with Gasteiger partial charge in [-0.1, -0.05) is 5.16 Å². The van der Waals surface area contributed by atoms with Gasteiger partial charge in [0, 0.05) is 24.9 Å². The Balaban J connectivity index is 1.45. The molecular formula is C14H16BrN3O3. The molecule has 7 heteroatoms. The van der Waals surface area contributed by atoms with E-state index in [4.69, 9.17) is 9.26 Å². The number of imidazole rings is 1. The number of carbonyl (C=O) groups is 1. The van der Waals surface area contributed by atoms with Crippen LogP contribution in [0.15, 0.2) is 27.8 Å². The van der Waals surface area contributed by atoms with E-state index in [-0.39, 0.29) is 5.97 Å². The van der Waals surface area contributed by atoms with Crippen LogP contribution in [-0.2, 0) is 11.3 Å². The molecule has 1 saturated carbocycles. The zero-order valence-corrected chi connectivity index (χ0v) is 13.1. The summed E-state index contributed by atoms with van der Waals surface area (Å²) in [6.45, 7) is 1.27. The highest BCUT2D eigenvalue weighted by Gasteiger charge is 2.35. The molecule has 2 heterocycles. The number of aromatic nitrogens is 3. The average molecular weight is 354 g/mol. The highest BCUT2D eigenvalue weighted by atomic mass is 79.9. The minimum absolute atomic E-state index is 0.326. The monoisotopic (exact) mass is 353 g/mol. The van der Waals surface area contributed by atoms with Gasteiger partial charge in [0.15, 0.2) is 10.4 Å². The lowest BCUT2D eigenvalue weighted by Gasteiger charge is -2.05. The second-order valence-corrected chi connectivity index (χ2v) is 5.88. The summed E-state index contributed by atoms with van der Waals surface area (Å²) in [5.74, 6) is 0.630. The van der Waals surface area contributed by atoms with E-state index in [1.165, 1.54) is 0 Å². The Morgan fingerprint density at radius 1 is 1.48 bits per heavy atom. The van der Waals surface area contributed by atoms with Crippen molar-refractivity contribution in [3.63, 3.8) is 0 Å². The average Bonchev–Trinajstić information content (AvgIpc) is 3.04. The molecule has 0 saturated heterocycles.